The van der Waals surface area contributed by atoms with Gasteiger partial charge in [-0.05, 0) is 25.8 Å². The molecule has 24 heavy (non-hydrogen) atoms. The Kier molecular flexibility index (Phi) is 11.2. The molecule has 1 saturated heterocycles. The molecule has 0 amide bonds. The summed E-state index contributed by atoms with van der Waals surface area (Å²) in [5, 5.41) is -0.125. The van der Waals surface area contributed by atoms with E-state index in [0.29, 0.717) is 6.04 Å². The van der Waals surface area contributed by atoms with Crippen LogP contribution in [-0.2, 0) is 9.84 Å². The molecular weight excluding hydrogens is 318 g/mol. The van der Waals surface area contributed by atoms with E-state index in [0.717, 1.165) is 19.5 Å². The summed E-state index contributed by atoms with van der Waals surface area (Å²) in [5.41, 5.74) is 0. The highest BCUT2D eigenvalue weighted by Crippen LogP contribution is 2.25. The van der Waals surface area contributed by atoms with E-state index in [2.05, 4.69) is 18.7 Å². The van der Waals surface area contributed by atoms with Gasteiger partial charge in [0.1, 0.15) is 0 Å². The Bertz CT molecular complexity index is 394. The minimum absolute atomic E-state index is 0.125. The monoisotopic (exact) mass is 359 g/mol. The third-order valence-electron chi connectivity index (χ3n) is 5.58. The van der Waals surface area contributed by atoms with Crippen molar-refractivity contribution in [3.63, 3.8) is 0 Å². The standard InChI is InChI=1S/C20H41NO2S/c1-4-6-8-10-12-14-19(15-13-11-9-7-5-2)21-17-16-20(18-21)24(3,22)23/h19-20H,4-18H2,1-3H3. The third kappa shape index (κ3) is 8.84. The number of rotatable bonds is 14. The second-order valence-corrected chi connectivity index (χ2v) is 10.1. The zero-order valence-electron chi connectivity index (χ0n) is 16.4. The molecule has 1 aliphatic rings. The van der Waals surface area contributed by atoms with Gasteiger partial charge in [0.15, 0.2) is 9.84 Å². The number of unbranched alkanes of at least 4 members (excludes halogenated alkanes) is 8. The SMILES string of the molecule is CCCCCCCC(CCCCCCC)N1CCC(S(C)(=O)=O)C1. The van der Waals surface area contributed by atoms with Gasteiger partial charge in [-0.3, -0.25) is 4.90 Å². The Morgan fingerprint density at radius 2 is 1.38 bits per heavy atom. The Balaban J connectivity index is 2.41. The van der Waals surface area contributed by atoms with Crippen LogP contribution >= 0.6 is 0 Å². The summed E-state index contributed by atoms with van der Waals surface area (Å²) in [6, 6.07) is 0.611. The van der Waals surface area contributed by atoms with Crippen LogP contribution in [0.15, 0.2) is 0 Å². The van der Waals surface area contributed by atoms with Gasteiger partial charge in [-0.1, -0.05) is 78.1 Å². The quantitative estimate of drug-likeness (QED) is 0.400. The molecule has 1 atom stereocenters. The predicted octanol–water partition coefficient (Wildman–Crippen LogP) is 5.19. The van der Waals surface area contributed by atoms with Gasteiger partial charge in [0.25, 0.3) is 0 Å². The average molecular weight is 360 g/mol. The molecule has 1 aliphatic heterocycles. The minimum atomic E-state index is -2.88. The molecule has 0 radical (unpaired) electrons. The van der Waals surface area contributed by atoms with Crippen LogP contribution in [-0.4, -0.2) is 44.0 Å². The Hall–Kier alpha value is -0.0900. The van der Waals surface area contributed by atoms with Gasteiger partial charge in [0.2, 0.25) is 0 Å². The van der Waals surface area contributed by atoms with Gasteiger partial charge in [0.05, 0.1) is 5.25 Å². The molecular formula is C20H41NO2S. The van der Waals surface area contributed by atoms with E-state index in [-0.39, 0.29) is 5.25 Å². The lowest BCUT2D eigenvalue weighted by molar-refractivity contribution is 0.209. The molecule has 0 aliphatic carbocycles. The molecule has 1 heterocycles. The molecule has 0 spiro atoms. The first kappa shape index (κ1) is 22.0. The van der Waals surface area contributed by atoms with E-state index in [4.69, 9.17) is 0 Å². The van der Waals surface area contributed by atoms with E-state index in [1.54, 1.807) is 0 Å². The van der Waals surface area contributed by atoms with Gasteiger partial charge in [-0.25, -0.2) is 8.42 Å². The topological polar surface area (TPSA) is 37.4 Å². The predicted molar refractivity (Wildman–Crippen MR) is 105 cm³/mol. The molecule has 1 fully saturated rings. The summed E-state index contributed by atoms with van der Waals surface area (Å²) in [4.78, 5) is 2.49. The molecule has 144 valence electrons. The molecule has 0 bridgehead atoms. The molecule has 0 saturated carbocycles. The molecule has 3 nitrogen and oxygen atoms in total. The summed E-state index contributed by atoms with van der Waals surface area (Å²) in [6.45, 7) is 6.27. The fourth-order valence-electron chi connectivity index (χ4n) is 3.91. The van der Waals surface area contributed by atoms with E-state index >= 15 is 0 Å². The van der Waals surface area contributed by atoms with E-state index in [1.165, 1.54) is 83.3 Å². The van der Waals surface area contributed by atoms with Crippen molar-refractivity contribution in [1.82, 2.24) is 4.90 Å². The zero-order valence-corrected chi connectivity index (χ0v) is 17.2. The normalized spacial score (nSPS) is 19.4. The van der Waals surface area contributed by atoms with E-state index < -0.39 is 9.84 Å². The fourth-order valence-corrected chi connectivity index (χ4v) is 4.91. The van der Waals surface area contributed by atoms with Crippen LogP contribution in [0.2, 0.25) is 0 Å². The minimum Gasteiger partial charge on any atom is -0.299 e. The number of hydrogen-bond acceptors (Lipinski definition) is 3. The lowest BCUT2D eigenvalue weighted by Crippen LogP contribution is -2.35. The third-order valence-corrected chi connectivity index (χ3v) is 7.18. The summed E-state index contributed by atoms with van der Waals surface area (Å²) in [5.74, 6) is 0. The molecule has 4 heteroatoms. The second-order valence-electron chi connectivity index (χ2n) is 7.79. The summed E-state index contributed by atoms with van der Waals surface area (Å²) >= 11 is 0. The molecule has 0 aromatic carbocycles. The number of sulfone groups is 1. The van der Waals surface area contributed by atoms with Crippen LogP contribution in [0.25, 0.3) is 0 Å². The number of hydrogen-bond donors (Lipinski definition) is 0. The Labute approximate surface area is 151 Å². The van der Waals surface area contributed by atoms with Gasteiger partial charge in [-0.15, -0.1) is 0 Å². The lowest BCUT2D eigenvalue weighted by Gasteiger charge is -2.28. The lowest BCUT2D eigenvalue weighted by atomic mass is 9.99. The van der Waals surface area contributed by atoms with E-state index in [9.17, 15) is 8.42 Å². The van der Waals surface area contributed by atoms with Gasteiger partial charge in [0, 0.05) is 18.8 Å². The smallest absolute Gasteiger partial charge is 0.151 e. The maximum absolute atomic E-state index is 11.8. The van der Waals surface area contributed by atoms with Crippen molar-refractivity contribution in [3.05, 3.63) is 0 Å². The largest absolute Gasteiger partial charge is 0.299 e. The zero-order chi connectivity index (χ0) is 17.8. The molecule has 1 rings (SSSR count). The van der Waals surface area contributed by atoms with Crippen molar-refractivity contribution in [2.45, 2.75) is 109 Å². The van der Waals surface area contributed by atoms with Crippen molar-refractivity contribution in [1.29, 1.82) is 0 Å². The van der Waals surface area contributed by atoms with Gasteiger partial charge < -0.3 is 0 Å². The van der Waals surface area contributed by atoms with Crippen LogP contribution < -0.4 is 0 Å². The Morgan fingerprint density at radius 3 is 1.79 bits per heavy atom. The van der Waals surface area contributed by atoms with Crippen LogP contribution in [0.4, 0.5) is 0 Å². The number of nitrogens with zero attached hydrogens (tertiary/aromatic N) is 1. The maximum atomic E-state index is 11.8. The molecule has 0 aromatic heterocycles. The van der Waals surface area contributed by atoms with E-state index in [1.807, 2.05) is 0 Å². The molecule has 0 aromatic rings. The maximum Gasteiger partial charge on any atom is 0.151 e. The highest BCUT2D eigenvalue weighted by atomic mass is 32.2. The fraction of sp³-hybridized carbons (Fsp3) is 1.00. The van der Waals surface area contributed by atoms with Crippen LogP contribution in [0.3, 0.4) is 0 Å². The van der Waals surface area contributed by atoms with Crippen molar-refractivity contribution in [2.24, 2.45) is 0 Å². The van der Waals surface area contributed by atoms with Crippen LogP contribution in [0.5, 0.6) is 0 Å². The highest BCUT2D eigenvalue weighted by Gasteiger charge is 2.33. The van der Waals surface area contributed by atoms with Crippen molar-refractivity contribution in [3.8, 4) is 0 Å². The molecule has 1 unspecified atom stereocenters. The second kappa shape index (κ2) is 12.3. The van der Waals surface area contributed by atoms with Crippen LogP contribution in [0, 0.1) is 0 Å². The molecule has 0 N–H and O–H groups in total. The average Bonchev–Trinajstić information content (AvgIpc) is 3.02. The highest BCUT2D eigenvalue weighted by molar-refractivity contribution is 7.91. The van der Waals surface area contributed by atoms with Crippen LogP contribution in [0.1, 0.15) is 97.3 Å². The van der Waals surface area contributed by atoms with Gasteiger partial charge >= 0.3 is 0 Å². The summed E-state index contributed by atoms with van der Waals surface area (Å²) < 4.78 is 23.7. The summed E-state index contributed by atoms with van der Waals surface area (Å²) in [7, 11) is -2.88. The van der Waals surface area contributed by atoms with Gasteiger partial charge in [-0.2, -0.15) is 0 Å². The van der Waals surface area contributed by atoms with Crippen molar-refractivity contribution in [2.75, 3.05) is 19.3 Å². The first-order chi connectivity index (χ1) is 11.5. The summed E-state index contributed by atoms with van der Waals surface area (Å²) in [6.07, 6.45) is 18.0. The van der Waals surface area contributed by atoms with Crippen molar-refractivity contribution < 1.29 is 8.42 Å². The first-order valence-electron chi connectivity index (χ1n) is 10.4. The van der Waals surface area contributed by atoms with Crippen molar-refractivity contribution >= 4 is 9.84 Å². The number of likely N-dealkylation sites (tertiary alicyclic amines) is 1. The Morgan fingerprint density at radius 1 is 0.875 bits per heavy atom. The first-order valence-corrected chi connectivity index (χ1v) is 12.4.